The first kappa shape index (κ1) is 15.5. The fourth-order valence-corrected chi connectivity index (χ4v) is 2.08. The summed E-state index contributed by atoms with van der Waals surface area (Å²) in [6.45, 7) is 9.07. The van der Waals surface area contributed by atoms with Gasteiger partial charge in [0.25, 0.3) is 0 Å². The third-order valence-electron chi connectivity index (χ3n) is 3.23. The van der Waals surface area contributed by atoms with Crippen LogP contribution in [0, 0.1) is 0 Å². The van der Waals surface area contributed by atoms with Gasteiger partial charge in [0.05, 0.1) is 0 Å². The summed E-state index contributed by atoms with van der Waals surface area (Å²) < 4.78 is 0. The fourth-order valence-electron chi connectivity index (χ4n) is 2.08. The summed E-state index contributed by atoms with van der Waals surface area (Å²) in [5, 5.41) is 3.29. The van der Waals surface area contributed by atoms with E-state index in [4.69, 9.17) is 5.73 Å². The number of amides is 1. The molecule has 0 saturated carbocycles. The molecule has 1 unspecified atom stereocenters. The Bertz CT molecular complexity index is 385. The van der Waals surface area contributed by atoms with E-state index in [0.29, 0.717) is 6.42 Å². The quantitative estimate of drug-likeness (QED) is 0.753. The molecule has 19 heavy (non-hydrogen) atoms. The molecule has 0 aliphatic heterocycles. The average Bonchev–Trinajstić information content (AvgIpc) is 2.38. The number of nitrogens with zero attached hydrogens (tertiary/aromatic N) is 1. The summed E-state index contributed by atoms with van der Waals surface area (Å²) in [5.74, 6) is -0.267. The van der Waals surface area contributed by atoms with E-state index in [9.17, 15) is 4.79 Å². The molecule has 0 bridgehead atoms. The summed E-state index contributed by atoms with van der Waals surface area (Å²) >= 11 is 0. The van der Waals surface area contributed by atoms with E-state index in [1.807, 2.05) is 6.92 Å². The van der Waals surface area contributed by atoms with E-state index in [1.54, 1.807) is 0 Å². The van der Waals surface area contributed by atoms with E-state index in [2.05, 4.69) is 48.3 Å². The highest BCUT2D eigenvalue weighted by molar-refractivity contribution is 5.74. The highest BCUT2D eigenvalue weighted by Crippen LogP contribution is 2.14. The summed E-state index contributed by atoms with van der Waals surface area (Å²) in [5.41, 5.74) is 7.63. The Balaban J connectivity index is 2.50. The number of carbonyl (C=O) groups is 1. The van der Waals surface area contributed by atoms with Gasteiger partial charge in [-0.05, 0) is 38.5 Å². The fraction of sp³-hybridized carbons (Fsp3) is 0.533. The molecule has 4 nitrogen and oxygen atoms in total. The molecule has 106 valence electrons. The lowest BCUT2D eigenvalue weighted by molar-refractivity contribution is -0.118. The molecule has 0 fully saturated rings. The number of hydrogen-bond donors (Lipinski definition) is 2. The molecular formula is C15H25N3O. The monoisotopic (exact) mass is 263 g/mol. The van der Waals surface area contributed by atoms with E-state index >= 15 is 0 Å². The number of nitrogens with two attached hydrogens (primary N) is 1. The lowest BCUT2D eigenvalue weighted by atomic mass is 10.1. The Morgan fingerprint density at radius 2 is 1.84 bits per heavy atom. The molecule has 0 aromatic heterocycles. The van der Waals surface area contributed by atoms with Crippen LogP contribution >= 0.6 is 0 Å². The molecule has 0 heterocycles. The van der Waals surface area contributed by atoms with Crippen LogP contribution in [0.3, 0.4) is 0 Å². The van der Waals surface area contributed by atoms with E-state index < -0.39 is 0 Å². The number of carbonyl (C=O) groups excluding carboxylic acids is 1. The second-order valence-electron chi connectivity index (χ2n) is 4.79. The standard InChI is InChI=1S/C15H25N3O/c1-4-18(5-2)14-8-6-13(7-9-14)11-17-12(3)10-15(16)19/h6-9,12,17H,4-5,10-11H2,1-3H3,(H2,16,19). The molecule has 1 aromatic carbocycles. The minimum Gasteiger partial charge on any atom is -0.372 e. The minimum absolute atomic E-state index is 0.111. The summed E-state index contributed by atoms with van der Waals surface area (Å²) in [7, 11) is 0. The number of primary amides is 1. The molecule has 0 aliphatic rings. The van der Waals surface area contributed by atoms with Gasteiger partial charge in [-0.3, -0.25) is 4.79 Å². The first-order valence-corrected chi connectivity index (χ1v) is 6.92. The third kappa shape index (κ3) is 5.30. The smallest absolute Gasteiger partial charge is 0.218 e. The van der Waals surface area contributed by atoms with Crippen LogP contribution < -0.4 is 16.0 Å². The molecule has 4 heteroatoms. The van der Waals surface area contributed by atoms with Gasteiger partial charge in [0, 0.05) is 37.8 Å². The zero-order chi connectivity index (χ0) is 14.3. The normalized spacial score (nSPS) is 12.2. The Kier molecular flexibility index (Phi) is 6.36. The van der Waals surface area contributed by atoms with Crippen LogP contribution in [0.5, 0.6) is 0 Å². The van der Waals surface area contributed by atoms with Crippen LogP contribution in [0.4, 0.5) is 5.69 Å². The van der Waals surface area contributed by atoms with Gasteiger partial charge in [-0.15, -0.1) is 0 Å². The lowest BCUT2D eigenvalue weighted by Gasteiger charge is -2.21. The zero-order valence-electron chi connectivity index (χ0n) is 12.1. The Morgan fingerprint density at radius 3 is 2.32 bits per heavy atom. The van der Waals surface area contributed by atoms with E-state index in [-0.39, 0.29) is 11.9 Å². The van der Waals surface area contributed by atoms with Crippen molar-refractivity contribution in [3.05, 3.63) is 29.8 Å². The SMILES string of the molecule is CCN(CC)c1ccc(CNC(C)CC(N)=O)cc1. The van der Waals surface area contributed by atoms with Crippen LogP contribution in [0.2, 0.25) is 0 Å². The topological polar surface area (TPSA) is 58.4 Å². The zero-order valence-corrected chi connectivity index (χ0v) is 12.1. The first-order chi connectivity index (χ1) is 9.06. The van der Waals surface area contributed by atoms with Crippen molar-refractivity contribution in [2.45, 2.75) is 39.8 Å². The van der Waals surface area contributed by atoms with Crippen molar-refractivity contribution < 1.29 is 4.79 Å². The summed E-state index contributed by atoms with van der Waals surface area (Å²) in [4.78, 5) is 13.1. The van der Waals surface area contributed by atoms with Crippen LogP contribution in [-0.2, 0) is 11.3 Å². The second kappa shape index (κ2) is 7.79. The van der Waals surface area contributed by atoms with Crippen molar-refractivity contribution in [2.24, 2.45) is 5.73 Å². The van der Waals surface area contributed by atoms with Crippen molar-refractivity contribution in [3.8, 4) is 0 Å². The lowest BCUT2D eigenvalue weighted by Crippen LogP contribution is -2.30. The van der Waals surface area contributed by atoms with Crippen LogP contribution in [-0.4, -0.2) is 25.0 Å². The van der Waals surface area contributed by atoms with Crippen molar-refractivity contribution in [3.63, 3.8) is 0 Å². The predicted octanol–water partition coefficient (Wildman–Crippen LogP) is 1.89. The van der Waals surface area contributed by atoms with Crippen molar-refractivity contribution >= 4 is 11.6 Å². The van der Waals surface area contributed by atoms with E-state index in [1.165, 1.54) is 11.3 Å². The highest BCUT2D eigenvalue weighted by Gasteiger charge is 2.05. The van der Waals surface area contributed by atoms with Crippen molar-refractivity contribution in [1.82, 2.24) is 5.32 Å². The van der Waals surface area contributed by atoms with Gasteiger partial charge in [0.15, 0.2) is 0 Å². The minimum atomic E-state index is -0.267. The van der Waals surface area contributed by atoms with Crippen molar-refractivity contribution in [2.75, 3.05) is 18.0 Å². The molecule has 1 amide bonds. The number of rotatable bonds is 8. The van der Waals surface area contributed by atoms with Gasteiger partial charge >= 0.3 is 0 Å². The molecule has 1 aromatic rings. The van der Waals surface area contributed by atoms with Gasteiger partial charge in [-0.1, -0.05) is 12.1 Å². The largest absolute Gasteiger partial charge is 0.372 e. The van der Waals surface area contributed by atoms with Crippen molar-refractivity contribution in [1.29, 1.82) is 0 Å². The van der Waals surface area contributed by atoms with Crippen LogP contribution in [0.1, 0.15) is 32.8 Å². The summed E-state index contributed by atoms with van der Waals surface area (Å²) in [6.07, 6.45) is 0.373. The third-order valence-corrected chi connectivity index (χ3v) is 3.23. The second-order valence-corrected chi connectivity index (χ2v) is 4.79. The highest BCUT2D eigenvalue weighted by atomic mass is 16.1. The molecular weight excluding hydrogens is 238 g/mol. The van der Waals surface area contributed by atoms with Gasteiger partial charge in [-0.2, -0.15) is 0 Å². The summed E-state index contributed by atoms with van der Waals surface area (Å²) in [6, 6.07) is 8.64. The Morgan fingerprint density at radius 1 is 1.26 bits per heavy atom. The maximum absolute atomic E-state index is 10.8. The number of benzene rings is 1. The van der Waals surface area contributed by atoms with Gasteiger partial charge < -0.3 is 16.0 Å². The van der Waals surface area contributed by atoms with E-state index in [0.717, 1.165) is 19.6 Å². The maximum Gasteiger partial charge on any atom is 0.218 e. The van der Waals surface area contributed by atoms with Gasteiger partial charge in [0.1, 0.15) is 0 Å². The Hall–Kier alpha value is -1.55. The molecule has 1 rings (SSSR count). The molecule has 0 saturated heterocycles. The maximum atomic E-state index is 10.8. The number of hydrogen-bond acceptors (Lipinski definition) is 3. The molecule has 0 aliphatic carbocycles. The van der Waals surface area contributed by atoms with Gasteiger partial charge in [-0.25, -0.2) is 0 Å². The predicted molar refractivity (Wildman–Crippen MR) is 80.1 cm³/mol. The van der Waals surface area contributed by atoms with Gasteiger partial charge in [0.2, 0.25) is 5.91 Å². The Labute approximate surface area is 116 Å². The first-order valence-electron chi connectivity index (χ1n) is 6.92. The molecule has 1 atom stereocenters. The molecule has 0 radical (unpaired) electrons. The number of nitrogens with one attached hydrogen (secondary N) is 1. The van der Waals surface area contributed by atoms with Crippen LogP contribution in [0.25, 0.3) is 0 Å². The number of anilines is 1. The van der Waals surface area contributed by atoms with Crippen LogP contribution in [0.15, 0.2) is 24.3 Å². The molecule has 0 spiro atoms. The molecule has 3 N–H and O–H groups in total. The average molecular weight is 263 g/mol.